The number of nitrogens with one attached hydrogen (secondary N) is 2. The van der Waals surface area contributed by atoms with Crippen LogP contribution in [0.4, 0.5) is 23.0 Å². The Kier molecular flexibility index (Phi) is 5.96. The van der Waals surface area contributed by atoms with E-state index in [2.05, 4.69) is 25.5 Å². The van der Waals surface area contributed by atoms with Crippen molar-refractivity contribution in [2.75, 3.05) is 36.8 Å². The molecule has 2 aromatic rings. The summed E-state index contributed by atoms with van der Waals surface area (Å²) in [7, 11) is 0. The molecule has 1 fully saturated rings. The standard InChI is InChI=1S/C18H24N6O2/c1-14-6-5-7-15(12-14)22-18-16(24(25)26)17(20-13-21-18)19-8-11-23-9-3-2-4-10-23/h5-7,12-13H,2-4,8-11H2,1H3,(H2,19,20,21,22). The summed E-state index contributed by atoms with van der Waals surface area (Å²) in [4.78, 5) is 21.7. The van der Waals surface area contributed by atoms with Crippen molar-refractivity contribution in [2.45, 2.75) is 26.2 Å². The van der Waals surface area contributed by atoms with E-state index in [0.29, 0.717) is 6.54 Å². The smallest absolute Gasteiger partial charge is 0.353 e. The molecule has 0 spiro atoms. The van der Waals surface area contributed by atoms with Crippen LogP contribution in [0.25, 0.3) is 0 Å². The SMILES string of the molecule is Cc1cccc(Nc2ncnc(NCCN3CCCCC3)c2[N+](=O)[O-])c1. The van der Waals surface area contributed by atoms with Gasteiger partial charge < -0.3 is 15.5 Å². The van der Waals surface area contributed by atoms with E-state index in [4.69, 9.17) is 0 Å². The van der Waals surface area contributed by atoms with Gasteiger partial charge in [0, 0.05) is 18.8 Å². The molecule has 138 valence electrons. The lowest BCUT2D eigenvalue weighted by Crippen LogP contribution is -2.33. The third-order valence-electron chi connectivity index (χ3n) is 4.45. The molecule has 3 rings (SSSR count). The number of hydrogen-bond acceptors (Lipinski definition) is 7. The second kappa shape index (κ2) is 8.57. The molecular weight excluding hydrogens is 332 g/mol. The van der Waals surface area contributed by atoms with E-state index in [1.807, 2.05) is 31.2 Å². The second-order valence-corrected chi connectivity index (χ2v) is 6.50. The van der Waals surface area contributed by atoms with E-state index in [1.54, 1.807) is 0 Å². The Labute approximate surface area is 152 Å². The molecule has 8 heteroatoms. The summed E-state index contributed by atoms with van der Waals surface area (Å²) in [6, 6.07) is 7.62. The summed E-state index contributed by atoms with van der Waals surface area (Å²) in [5.74, 6) is 0.438. The molecule has 26 heavy (non-hydrogen) atoms. The van der Waals surface area contributed by atoms with E-state index in [9.17, 15) is 10.1 Å². The molecule has 1 aromatic carbocycles. The number of benzene rings is 1. The summed E-state index contributed by atoms with van der Waals surface area (Å²) in [5.41, 5.74) is 1.69. The molecular formula is C18H24N6O2. The van der Waals surface area contributed by atoms with E-state index in [1.165, 1.54) is 25.6 Å². The maximum Gasteiger partial charge on any atom is 0.353 e. The van der Waals surface area contributed by atoms with Gasteiger partial charge >= 0.3 is 5.69 Å². The van der Waals surface area contributed by atoms with Crippen molar-refractivity contribution in [1.29, 1.82) is 0 Å². The van der Waals surface area contributed by atoms with Gasteiger partial charge in [0.25, 0.3) is 0 Å². The summed E-state index contributed by atoms with van der Waals surface area (Å²) >= 11 is 0. The van der Waals surface area contributed by atoms with Gasteiger partial charge in [-0.2, -0.15) is 0 Å². The van der Waals surface area contributed by atoms with Crippen LogP contribution >= 0.6 is 0 Å². The maximum absolute atomic E-state index is 11.6. The first kappa shape index (κ1) is 18.1. The third-order valence-corrected chi connectivity index (χ3v) is 4.45. The fourth-order valence-corrected chi connectivity index (χ4v) is 3.15. The van der Waals surface area contributed by atoms with Gasteiger partial charge in [-0.3, -0.25) is 10.1 Å². The monoisotopic (exact) mass is 356 g/mol. The summed E-state index contributed by atoms with van der Waals surface area (Å²) in [6.45, 7) is 5.61. The number of hydrogen-bond donors (Lipinski definition) is 2. The Balaban J connectivity index is 1.72. The predicted octanol–water partition coefficient (Wildman–Crippen LogP) is 3.33. The molecule has 0 saturated carbocycles. The van der Waals surface area contributed by atoms with Gasteiger partial charge in [-0.05, 0) is 50.6 Å². The van der Waals surface area contributed by atoms with Crippen LogP contribution in [-0.2, 0) is 0 Å². The molecule has 2 N–H and O–H groups in total. The minimum atomic E-state index is -0.443. The molecule has 1 aliphatic heterocycles. The first-order chi connectivity index (χ1) is 12.6. The van der Waals surface area contributed by atoms with Crippen LogP contribution in [0.15, 0.2) is 30.6 Å². The van der Waals surface area contributed by atoms with Gasteiger partial charge in [-0.25, -0.2) is 9.97 Å². The zero-order valence-electron chi connectivity index (χ0n) is 14.9. The van der Waals surface area contributed by atoms with Crippen molar-refractivity contribution in [3.63, 3.8) is 0 Å². The number of nitro groups is 1. The highest BCUT2D eigenvalue weighted by Crippen LogP contribution is 2.31. The zero-order chi connectivity index (χ0) is 18.4. The molecule has 1 aromatic heterocycles. The average Bonchev–Trinajstić information content (AvgIpc) is 2.62. The summed E-state index contributed by atoms with van der Waals surface area (Å²) < 4.78 is 0. The maximum atomic E-state index is 11.6. The number of rotatable bonds is 7. The molecule has 0 aliphatic carbocycles. The lowest BCUT2D eigenvalue weighted by molar-refractivity contribution is -0.383. The molecule has 1 aliphatic rings. The Morgan fingerprint density at radius 1 is 1.19 bits per heavy atom. The number of aryl methyl sites for hydroxylation is 1. The van der Waals surface area contributed by atoms with Gasteiger partial charge in [-0.1, -0.05) is 18.6 Å². The van der Waals surface area contributed by atoms with E-state index in [0.717, 1.165) is 30.9 Å². The van der Waals surface area contributed by atoms with Crippen molar-refractivity contribution in [3.05, 3.63) is 46.3 Å². The highest BCUT2D eigenvalue weighted by atomic mass is 16.6. The van der Waals surface area contributed by atoms with Gasteiger partial charge in [0.15, 0.2) is 0 Å². The molecule has 2 heterocycles. The van der Waals surface area contributed by atoms with Gasteiger partial charge in [-0.15, -0.1) is 0 Å². The van der Waals surface area contributed by atoms with Crippen LogP contribution < -0.4 is 10.6 Å². The zero-order valence-corrected chi connectivity index (χ0v) is 14.9. The first-order valence-corrected chi connectivity index (χ1v) is 8.93. The van der Waals surface area contributed by atoms with Crippen molar-refractivity contribution >= 4 is 23.0 Å². The predicted molar refractivity (Wildman–Crippen MR) is 102 cm³/mol. The van der Waals surface area contributed by atoms with E-state index >= 15 is 0 Å². The first-order valence-electron chi connectivity index (χ1n) is 8.93. The molecule has 0 atom stereocenters. The highest BCUT2D eigenvalue weighted by Gasteiger charge is 2.23. The lowest BCUT2D eigenvalue weighted by atomic mass is 10.1. The van der Waals surface area contributed by atoms with Gasteiger partial charge in [0.2, 0.25) is 11.6 Å². The number of likely N-dealkylation sites (tertiary alicyclic amines) is 1. The minimum Gasteiger partial charge on any atom is -0.363 e. The Morgan fingerprint density at radius 2 is 1.96 bits per heavy atom. The van der Waals surface area contributed by atoms with Crippen LogP contribution in [0.1, 0.15) is 24.8 Å². The number of aromatic nitrogens is 2. The number of nitrogens with zero attached hydrogens (tertiary/aromatic N) is 4. The van der Waals surface area contributed by atoms with Crippen molar-refractivity contribution in [1.82, 2.24) is 14.9 Å². The van der Waals surface area contributed by atoms with Crippen molar-refractivity contribution in [3.8, 4) is 0 Å². The molecule has 0 bridgehead atoms. The quantitative estimate of drug-likeness (QED) is 0.580. The van der Waals surface area contributed by atoms with Gasteiger partial charge in [0.1, 0.15) is 6.33 Å². The summed E-state index contributed by atoms with van der Waals surface area (Å²) in [6.07, 6.45) is 5.07. The van der Waals surface area contributed by atoms with Gasteiger partial charge in [0.05, 0.1) is 4.92 Å². The number of piperidine rings is 1. The normalized spacial score (nSPS) is 14.8. The second-order valence-electron chi connectivity index (χ2n) is 6.50. The lowest BCUT2D eigenvalue weighted by Gasteiger charge is -2.26. The molecule has 0 radical (unpaired) electrons. The molecule has 0 unspecified atom stereocenters. The fraction of sp³-hybridized carbons (Fsp3) is 0.444. The minimum absolute atomic E-state index is 0.132. The van der Waals surface area contributed by atoms with Crippen molar-refractivity contribution in [2.24, 2.45) is 0 Å². The van der Waals surface area contributed by atoms with Crippen LogP contribution in [0, 0.1) is 17.0 Å². The highest BCUT2D eigenvalue weighted by molar-refractivity contribution is 5.73. The molecule has 0 amide bonds. The Hall–Kier alpha value is -2.74. The topological polar surface area (TPSA) is 96.2 Å². The van der Waals surface area contributed by atoms with Crippen LogP contribution in [0.2, 0.25) is 0 Å². The number of anilines is 3. The van der Waals surface area contributed by atoms with Crippen LogP contribution in [0.3, 0.4) is 0 Å². The van der Waals surface area contributed by atoms with Crippen LogP contribution in [0.5, 0.6) is 0 Å². The molecule has 1 saturated heterocycles. The Morgan fingerprint density at radius 3 is 2.69 bits per heavy atom. The third kappa shape index (κ3) is 4.66. The Bertz CT molecular complexity index is 761. The van der Waals surface area contributed by atoms with Crippen molar-refractivity contribution < 1.29 is 4.92 Å². The average molecular weight is 356 g/mol. The summed E-state index contributed by atoms with van der Waals surface area (Å²) in [5, 5.41) is 17.7. The van der Waals surface area contributed by atoms with E-state index in [-0.39, 0.29) is 17.3 Å². The fourth-order valence-electron chi connectivity index (χ4n) is 3.15. The molecule has 8 nitrogen and oxygen atoms in total. The largest absolute Gasteiger partial charge is 0.363 e. The van der Waals surface area contributed by atoms with E-state index < -0.39 is 4.92 Å². The van der Waals surface area contributed by atoms with Crippen LogP contribution in [-0.4, -0.2) is 46.0 Å².